The molecule has 3 rings (SSSR count). The molecule has 1 aromatic carbocycles. The van der Waals surface area contributed by atoms with Gasteiger partial charge < -0.3 is 20.7 Å². The third-order valence-corrected chi connectivity index (χ3v) is 5.39. The van der Waals surface area contributed by atoms with Gasteiger partial charge >= 0.3 is 6.09 Å². The third-order valence-electron chi connectivity index (χ3n) is 5.39. The number of amides is 4. The zero-order valence-corrected chi connectivity index (χ0v) is 21.0. The van der Waals surface area contributed by atoms with E-state index in [1.54, 1.807) is 46.8 Å². The fourth-order valence-electron chi connectivity index (χ4n) is 3.77. The number of benzene rings is 1. The van der Waals surface area contributed by atoms with Crippen molar-refractivity contribution in [3.8, 4) is 0 Å². The SMILES string of the molecule is CC(C)[C@H](NC(=O)OC(C)(C)C)C(=O)NCC(=O)N1c2ccccc2C[C@H]1C(=O)NCc1nn[nH]n1. The minimum atomic E-state index is -0.910. The van der Waals surface area contributed by atoms with Crippen LogP contribution in [0.15, 0.2) is 24.3 Å². The van der Waals surface area contributed by atoms with Crippen LogP contribution in [0.1, 0.15) is 46.0 Å². The molecule has 36 heavy (non-hydrogen) atoms. The number of carbonyl (C=O) groups excluding carboxylic acids is 4. The highest BCUT2D eigenvalue weighted by molar-refractivity contribution is 6.05. The average Bonchev–Trinajstić information content (AvgIpc) is 3.45. The maximum absolute atomic E-state index is 13.2. The van der Waals surface area contributed by atoms with Gasteiger partial charge in [0, 0.05) is 12.1 Å². The van der Waals surface area contributed by atoms with Crippen molar-refractivity contribution < 1.29 is 23.9 Å². The first kappa shape index (κ1) is 26.6. The van der Waals surface area contributed by atoms with Gasteiger partial charge in [0.25, 0.3) is 0 Å². The first-order valence-corrected chi connectivity index (χ1v) is 11.6. The Balaban J connectivity index is 1.66. The van der Waals surface area contributed by atoms with E-state index in [-0.39, 0.29) is 24.9 Å². The van der Waals surface area contributed by atoms with E-state index >= 15 is 0 Å². The highest BCUT2D eigenvalue weighted by Crippen LogP contribution is 2.32. The monoisotopic (exact) mass is 500 g/mol. The fraction of sp³-hybridized carbons (Fsp3) is 0.522. The Morgan fingerprint density at radius 3 is 2.53 bits per heavy atom. The molecule has 0 radical (unpaired) electrons. The van der Waals surface area contributed by atoms with Gasteiger partial charge in [-0.05, 0) is 38.3 Å². The van der Waals surface area contributed by atoms with Gasteiger partial charge in [0.1, 0.15) is 17.7 Å². The lowest BCUT2D eigenvalue weighted by Crippen LogP contribution is -2.54. The van der Waals surface area contributed by atoms with Crippen molar-refractivity contribution in [3.63, 3.8) is 0 Å². The topological polar surface area (TPSA) is 171 Å². The Kier molecular flexibility index (Phi) is 8.22. The number of anilines is 1. The van der Waals surface area contributed by atoms with E-state index in [4.69, 9.17) is 4.74 Å². The molecule has 0 bridgehead atoms. The van der Waals surface area contributed by atoms with Crippen LogP contribution in [0.4, 0.5) is 10.5 Å². The van der Waals surface area contributed by atoms with E-state index in [9.17, 15) is 19.2 Å². The highest BCUT2D eigenvalue weighted by Gasteiger charge is 2.38. The third kappa shape index (κ3) is 6.77. The molecular weight excluding hydrogens is 468 g/mol. The number of hydrogen-bond donors (Lipinski definition) is 4. The molecule has 1 aromatic heterocycles. The van der Waals surface area contributed by atoms with Gasteiger partial charge in [-0.25, -0.2) is 4.79 Å². The summed E-state index contributed by atoms with van der Waals surface area (Å²) >= 11 is 0. The highest BCUT2D eigenvalue weighted by atomic mass is 16.6. The lowest BCUT2D eigenvalue weighted by atomic mass is 10.0. The molecule has 13 nitrogen and oxygen atoms in total. The molecule has 4 N–H and O–H groups in total. The van der Waals surface area contributed by atoms with Crippen molar-refractivity contribution >= 4 is 29.5 Å². The predicted molar refractivity (Wildman–Crippen MR) is 128 cm³/mol. The lowest BCUT2D eigenvalue weighted by molar-refractivity contribution is -0.128. The number of fused-ring (bicyclic) bond motifs is 1. The minimum absolute atomic E-state index is 0.0490. The van der Waals surface area contributed by atoms with Crippen LogP contribution in [0, 0.1) is 5.92 Å². The molecule has 1 aliphatic rings. The molecule has 4 amide bonds. The Morgan fingerprint density at radius 1 is 1.17 bits per heavy atom. The molecule has 2 atom stereocenters. The van der Waals surface area contributed by atoms with E-state index in [0.29, 0.717) is 17.9 Å². The summed E-state index contributed by atoms with van der Waals surface area (Å²) in [5, 5.41) is 21.2. The number of nitrogens with one attached hydrogen (secondary N) is 4. The Morgan fingerprint density at radius 2 is 1.89 bits per heavy atom. The average molecular weight is 501 g/mol. The van der Waals surface area contributed by atoms with Gasteiger partial charge in [-0.15, -0.1) is 10.2 Å². The molecule has 0 saturated heterocycles. The van der Waals surface area contributed by atoms with Crippen molar-refractivity contribution in [1.29, 1.82) is 0 Å². The van der Waals surface area contributed by atoms with E-state index in [1.165, 1.54) is 4.90 Å². The van der Waals surface area contributed by atoms with Crippen molar-refractivity contribution in [3.05, 3.63) is 35.7 Å². The summed E-state index contributed by atoms with van der Waals surface area (Å²) in [6.07, 6.45) is -0.405. The van der Waals surface area contributed by atoms with Crippen molar-refractivity contribution in [2.75, 3.05) is 11.4 Å². The summed E-state index contributed by atoms with van der Waals surface area (Å²) in [4.78, 5) is 52.6. The molecular formula is C23H32N8O5. The van der Waals surface area contributed by atoms with Gasteiger partial charge in [0.05, 0.1) is 13.1 Å². The predicted octanol–water partition coefficient (Wildman–Crippen LogP) is 0.439. The molecule has 13 heteroatoms. The van der Waals surface area contributed by atoms with Gasteiger partial charge in [0.15, 0.2) is 5.82 Å². The molecule has 194 valence electrons. The number of carbonyl (C=O) groups is 4. The Hall–Kier alpha value is -4.03. The first-order chi connectivity index (χ1) is 17.0. The van der Waals surface area contributed by atoms with E-state index in [1.807, 2.05) is 12.1 Å². The fourth-order valence-corrected chi connectivity index (χ4v) is 3.77. The quantitative estimate of drug-likeness (QED) is 0.404. The van der Waals surface area contributed by atoms with Crippen LogP contribution >= 0.6 is 0 Å². The van der Waals surface area contributed by atoms with E-state index in [2.05, 4.69) is 36.6 Å². The summed E-state index contributed by atoms with van der Waals surface area (Å²) in [7, 11) is 0. The number of H-pyrrole nitrogens is 1. The normalized spacial score (nSPS) is 15.7. The van der Waals surface area contributed by atoms with Gasteiger partial charge in [-0.2, -0.15) is 5.21 Å². The van der Waals surface area contributed by atoms with Crippen LogP contribution in [-0.4, -0.2) is 68.7 Å². The van der Waals surface area contributed by atoms with Gasteiger partial charge in [0.2, 0.25) is 17.7 Å². The summed E-state index contributed by atoms with van der Waals surface area (Å²) in [6, 6.07) is 5.49. The van der Waals surface area contributed by atoms with Crippen LogP contribution < -0.4 is 20.9 Å². The molecule has 0 fully saturated rings. The molecule has 1 aliphatic heterocycles. The Bertz CT molecular complexity index is 1100. The van der Waals surface area contributed by atoms with Crippen LogP contribution in [0.25, 0.3) is 0 Å². The Labute approximate surface area is 208 Å². The molecule has 2 heterocycles. The number of aromatic amines is 1. The zero-order chi connectivity index (χ0) is 26.5. The van der Waals surface area contributed by atoms with Crippen LogP contribution in [-0.2, 0) is 32.1 Å². The van der Waals surface area contributed by atoms with Crippen molar-refractivity contribution in [2.45, 2.75) is 65.3 Å². The second kappa shape index (κ2) is 11.1. The molecule has 0 spiro atoms. The summed E-state index contributed by atoms with van der Waals surface area (Å²) < 4.78 is 5.24. The van der Waals surface area contributed by atoms with Crippen LogP contribution in [0.3, 0.4) is 0 Å². The zero-order valence-electron chi connectivity index (χ0n) is 21.0. The second-order valence-electron chi connectivity index (χ2n) is 9.74. The summed E-state index contributed by atoms with van der Waals surface area (Å²) in [5.74, 6) is -1.34. The second-order valence-corrected chi connectivity index (χ2v) is 9.74. The lowest BCUT2D eigenvalue weighted by Gasteiger charge is -2.27. The molecule has 0 saturated carbocycles. The first-order valence-electron chi connectivity index (χ1n) is 11.6. The smallest absolute Gasteiger partial charge is 0.408 e. The van der Waals surface area contributed by atoms with Crippen LogP contribution in [0.2, 0.25) is 0 Å². The van der Waals surface area contributed by atoms with Crippen LogP contribution in [0.5, 0.6) is 0 Å². The maximum atomic E-state index is 13.2. The largest absolute Gasteiger partial charge is 0.444 e. The summed E-state index contributed by atoms with van der Waals surface area (Å²) in [6.45, 7) is 8.39. The number of para-hydroxylation sites is 1. The van der Waals surface area contributed by atoms with Gasteiger partial charge in [-0.1, -0.05) is 37.3 Å². The van der Waals surface area contributed by atoms with Gasteiger partial charge in [-0.3, -0.25) is 19.3 Å². The van der Waals surface area contributed by atoms with E-state index in [0.717, 1.165) is 5.56 Å². The number of nitrogens with zero attached hydrogens (tertiary/aromatic N) is 4. The number of aromatic nitrogens is 4. The standard InChI is InChI=1S/C23H32N8O5/c1-13(2)19(26-22(35)36-23(3,4)5)21(34)25-12-18(32)31-15-9-7-6-8-14(15)10-16(31)20(33)24-11-17-27-29-30-28-17/h6-9,13,16,19H,10-12H2,1-5H3,(H,24,33)(H,25,34)(H,26,35)(H,27,28,29,30)/t16-,19-/m0/s1. The van der Waals surface area contributed by atoms with Crippen molar-refractivity contribution in [2.24, 2.45) is 5.92 Å². The summed E-state index contributed by atoms with van der Waals surface area (Å²) in [5.41, 5.74) is 0.716. The number of tetrazole rings is 1. The maximum Gasteiger partial charge on any atom is 0.408 e. The number of alkyl carbamates (subject to hydrolysis) is 1. The minimum Gasteiger partial charge on any atom is -0.444 e. The molecule has 0 aliphatic carbocycles. The van der Waals surface area contributed by atoms with Crippen molar-refractivity contribution in [1.82, 2.24) is 36.6 Å². The number of hydrogen-bond acceptors (Lipinski definition) is 8. The molecule has 2 aromatic rings. The number of ether oxygens (including phenoxy) is 1. The number of rotatable bonds is 8. The molecule has 0 unspecified atom stereocenters. The van der Waals surface area contributed by atoms with E-state index < -0.39 is 35.6 Å².